The summed E-state index contributed by atoms with van der Waals surface area (Å²) in [5, 5.41) is 0. The molecule has 2 rings (SSSR count). The molecule has 0 aromatic heterocycles. The Morgan fingerprint density at radius 3 is 2.55 bits per heavy atom. The van der Waals surface area contributed by atoms with Crippen molar-refractivity contribution in [1.29, 1.82) is 0 Å². The molecule has 0 aliphatic heterocycles. The van der Waals surface area contributed by atoms with Crippen LogP contribution < -0.4 is 5.73 Å². The molecule has 4 heteroatoms. The highest BCUT2D eigenvalue weighted by Crippen LogP contribution is 2.22. The molecule has 2 N–H and O–H groups in total. The van der Waals surface area contributed by atoms with Gasteiger partial charge < -0.3 is 10.6 Å². The largest absolute Gasteiger partial charge is 0.399 e. The van der Waals surface area contributed by atoms with Crippen molar-refractivity contribution in [2.45, 2.75) is 13.0 Å². The Balaban J connectivity index is 2.22. The first-order valence-corrected chi connectivity index (χ1v) is 7.45. The van der Waals surface area contributed by atoms with E-state index in [1.807, 2.05) is 62.5 Å². The summed E-state index contributed by atoms with van der Waals surface area (Å²) in [5.41, 5.74) is 8.25. The summed E-state index contributed by atoms with van der Waals surface area (Å²) in [4.78, 5) is 14.2. The van der Waals surface area contributed by atoms with Gasteiger partial charge in [-0.15, -0.1) is 0 Å². The lowest BCUT2D eigenvalue weighted by Gasteiger charge is -2.25. The summed E-state index contributed by atoms with van der Waals surface area (Å²) in [6, 6.07) is 15.2. The number of nitrogens with two attached hydrogens (primary N) is 1. The van der Waals surface area contributed by atoms with Crippen LogP contribution in [-0.2, 0) is 0 Å². The van der Waals surface area contributed by atoms with E-state index in [1.54, 1.807) is 4.90 Å². The highest BCUT2D eigenvalue weighted by Gasteiger charge is 2.19. The van der Waals surface area contributed by atoms with Crippen molar-refractivity contribution in [1.82, 2.24) is 4.90 Å². The van der Waals surface area contributed by atoms with Crippen LogP contribution in [0.5, 0.6) is 0 Å². The van der Waals surface area contributed by atoms with E-state index in [4.69, 9.17) is 5.73 Å². The van der Waals surface area contributed by atoms with Crippen molar-refractivity contribution in [2.24, 2.45) is 0 Å². The van der Waals surface area contributed by atoms with Crippen LogP contribution in [0.15, 0.2) is 48.5 Å². The normalized spacial score (nSPS) is 11.9. The summed E-state index contributed by atoms with van der Waals surface area (Å²) < 4.78 is 1.05. The minimum Gasteiger partial charge on any atom is -0.399 e. The maximum absolute atomic E-state index is 12.5. The summed E-state index contributed by atoms with van der Waals surface area (Å²) in [6.07, 6.45) is 0. The summed E-state index contributed by atoms with van der Waals surface area (Å²) in [6.45, 7) is 2.00. The molecular weight excluding hydrogens is 363 g/mol. The second kappa shape index (κ2) is 6.26. The second-order valence-electron chi connectivity index (χ2n) is 4.77. The van der Waals surface area contributed by atoms with Gasteiger partial charge in [-0.05, 0) is 65.4 Å². The maximum atomic E-state index is 12.5. The van der Waals surface area contributed by atoms with Gasteiger partial charge in [-0.2, -0.15) is 0 Å². The summed E-state index contributed by atoms with van der Waals surface area (Å²) in [7, 11) is 1.82. The lowest BCUT2D eigenvalue weighted by Crippen LogP contribution is -2.29. The van der Waals surface area contributed by atoms with Gasteiger partial charge in [0.05, 0.1) is 6.04 Å². The average molecular weight is 380 g/mol. The number of rotatable bonds is 3. The Kier molecular flexibility index (Phi) is 4.65. The quantitative estimate of drug-likeness (QED) is 0.652. The van der Waals surface area contributed by atoms with Gasteiger partial charge in [0, 0.05) is 21.9 Å². The number of carbonyl (C=O) groups excluding carboxylic acids is 1. The van der Waals surface area contributed by atoms with E-state index in [-0.39, 0.29) is 11.9 Å². The number of nitrogen functional groups attached to an aromatic ring is 1. The smallest absolute Gasteiger partial charge is 0.254 e. The number of carbonyl (C=O) groups is 1. The molecule has 0 aliphatic carbocycles. The molecule has 0 radical (unpaired) electrons. The zero-order valence-corrected chi connectivity index (χ0v) is 13.7. The lowest BCUT2D eigenvalue weighted by atomic mass is 10.1. The molecule has 2 aromatic rings. The van der Waals surface area contributed by atoms with Gasteiger partial charge in [0.2, 0.25) is 0 Å². The molecule has 0 spiro atoms. The van der Waals surface area contributed by atoms with Crippen LogP contribution in [0, 0.1) is 3.57 Å². The van der Waals surface area contributed by atoms with Crippen molar-refractivity contribution in [3.8, 4) is 0 Å². The van der Waals surface area contributed by atoms with E-state index >= 15 is 0 Å². The van der Waals surface area contributed by atoms with Crippen molar-refractivity contribution < 1.29 is 4.79 Å². The molecule has 2 aromatic carbocycles. The molecule has 0 saturated carbocycles. The molecule has 1 unspecified atom stereocenters. The van der Waals surface area contributed by atoms with Crippen LogP contribution >= 0.6 is 22.6 Å². The van der Waals surface area contributed by atoms with Crippen LogP contribution in [0.3, 0.4) is 0 Å². The fourth-order valence-corrected chi connectivity index (χ4v) is 2.59. The van der Waals surface area contributed by atoms with Gasteiger partial charge in [0.15, 0.2) is 0 Å². The molecule has 20 heavy (non-hydrogen) atoms. The molecule has 1 amide bonds. The molecule has 0 bridgehead atoms. The molecule has 1 atom stereocenters. The first-order valence-electron chi connectivity index (χ1n) is 6.37. The molecular formula is C16H17IN2O. The fourth-order valence-electron chi connectivity index (χ4n) is 2.04. The van der Waals surface area contributed by atoms with E-state index in [1.165, 1.54) is 0 Å². The highest BCUT2D eigenvalue weighted by atomic mass is 127. The van der Waals surface area contributed by atoms with Gasteiger partial charge in [-0.3, -0.25) is 4.79 Å². The lowest BCUT2D eigenvalue weighted by molar-refractivity contribution is 0.0742. The predicted molar refractivity (Wildman–Crippen MR) is 90.5 cm³/mol. The van der Waals surface area contributed by atoms with Gasteiger partial charge in [0.1, 0.15) is 0 Å². The van der Waals surface area contributed by atoms with Gasteiger partial charge in [-0.1, -0.05) is 18.2 Å². The number of halogens is 1. The standard InChI is InChI=1S/C16H17IN2O/c1-11(12-5-4-8-15(18)10-12)19(2)16(20)13-6-3-7-14(17)9-13/h3-11H,18H2,1-2H3. The van der Waals surface area contributed by atoms with Crippen molar-refractivity contribution in [3.05, 3.63) is 63.2 Å². The van der Waals surface area contributed by atoms with Gasteiger partial charge >= 0.3 is 0 Å². The van der Waals surface area contributed by atoms with Crippen LogP contribution in [0.1, 0.15) is 28.9 Å². The predicted octanol–water partition coefficient (Wildman–Crippen LogP) is 3.71. The first kappa shape index (κ1) is 14.8. The number of hydrogen-bond donors (Lipinski definition) is 1. The number of benzene rings is 2. The van der Waals surface area contributed by atoms with Crippen molar-refractivity contribution in [2.75, 3.05) is 12.8 Å². The Labute approximate surface area is 132 Å². The van der Waals surface area contributed by atoms with E-state index in [9.17, 15) is 4.79 Å². The van der Waals surface area contributed by atoms with Crippen LogP contribution in [0.25, 0.3) is 0 Å². The summed E-state index contributed by atoms with van der Waals surface area (Å²) >= 11 is 2.21. The molecule has 3 nitrogen and oxygen atoms in total. The van der Waals surface area contributed by atoms with E-state index in [2.05, 4.69) is 22.6 Å². The Bertz CT molecular complexity index is 627. The number of nitrogens with zero attached hydrogens (tertiary/aromatic N) is 1. The van der Waals surface area contributed by atoms with Crippen LogP contribution in [0.4, 0.5) is 5.69 Å². The summed E-state index contributed by atoms with van der Waals surface area (Å²) in [5.74, 6) is 0.0124. The highest BCUT2D eigenvalue weighted by molar-refractivity contribution is 14.1. The van der Waals surface area contributed by atoms with Crippen LogP contribution in [0.2, 0.25) is 0 Å². The van der Waals surface area contributed by atoms with E-state index < -0.39 is 0 Å². The molecule has 0 heterocycles. The minimum absolute atomic E-state index is 0.0124. The topological polar surface area (TPSA) is 46.3 Å². The minimum atomic E-state index is -0.0242. The molecule has 0 aliphatic rings. The third-order valence-corrected chi connectivity index (χ3v) is 4.04. The zero-order valence-electron chi connectivity index (χ0n) is 11.5. The van der Waals surface area contributed by atoms with E-state index in [0.29, 0.717) is 11.3 Å². The van der Waals surface area contributed by atoms with E-state index in [0.717, 1.165) is 9.13 Å². The van der Waals surface area contributed by atoms with Crippen molar-refractivity contribution in [3.63, 3.8) is 0 Å². The third-order valence-electron chi connectivity index (χ3n) is 3.37. The third kappa shape index (κ3) is 3.30. The molecule has 0 saturated heterocycles. The molecule has 0 fully saturated rings. The monoisotopic (exact) mass is 380 g/mol. The second-order valence-corrected chi connectivity index (χ2v) is 6.02. The number of anilines is 1. The zero-order chi connectivity index (χ0) is 14.7. The Hall–Kier alpha value is -1.56. The SMILES string of the molecule is CC(c1cccc(N)c1)N(C)C(=O)c1cccc(I)c1. The number of hydrogen-bond acceptors (Lipinski definition) is 2. The van der Waals surface area contributed by atoms with Crippen LogP contribution in [-0.4, -0.2) is 17.9 Å². The van der Waals surface area contributed by atoms with Gasteiger partial charge in [0.25, 0.3) is 5.91 Å². The van der Waals surface area contributed by atoms with Crippen molar-refractivity contribution >= 4 is 34.2 Å². The Morgan fingerprint density at radius 2 is 1.90 bits per heavy atom. The fraction of sp³-hybridized carbons (Fsp3) is 0.188. The maximum Gasteiger partial charge on any atom is 0.254 e. The average Bonchev–Trinajstić information content (AvgIpc) is 2.45. The first-order chi connectivity index (χ1) is 9.49. The van der Waals surface area contributed by atoms with Gasteiger partial charge in [-0.25, -0.2) is 0 Å². The Morgan fingerprint density at radius 1 is 1.20 bits per heavy atom. The number of amides is 1. The molecule has 104 valence electrons.